The molecule has 1 atom stereocenters. The number of ether oxygens (including phenoxy) is 1. The van der Waals surface area contributed by atoms with Crippen molar-refractivity contribution in [2.75, 3.05) is 18.4 Å². The second-order valence-electron chi connectivity index (χ2n) is 7.24. The number of amides is 1. The first kappa shape index (κ1) is 17.3. The van der Waals surface area contributed by atoms with E-state index in [1.807, 2.05) is 54.3 Å². The van der Waals surface area contributed by atoms with Crippen molar-refractivity contribution in [2.24, 2.45) is 5.41 Å². The van der Waals surface area contributed by atoms with E-state index < -0.39 is 0 Å². The summed E-state index contributed by atoms with van der Waals surface area (Å²) in [5.74, 6) is 0.862. The molecule has 1 aliphatic heterocycles. The molecule has 1 aliphatic carbocycles. The number of aryl methyl sites for hydroxylation is 1. The fourth-order valence-electron chi connectivity index (χ4n) is 3.59. The molecule has 1 aromatic heterocycles. The van der Waals surface area contributed by atoms with Gasteiger partial charge in [0.25, 0.3) is 0 Å². The van der Waals surface area contributed by atoms with E-state index in [1.165, 1.54) is 0 Å². The number of nitrogens with one attached hydrogen (secondary N) is 1. The Bertz CT molecular complexity index is 808. The van der Waals surface area contributed by atoms with E-state index in [0.717, 1.165) is 40.9 Å². The predicted octanol–water partition coefficient (Wildman–Crippen LogP) is 4.37. The van der Waals surface area contributed by atoms with Crippen LogP contribution < -0.4 is 5.32 Å². The summed E-state index contributed by atoms with van der Waals surface area (Å²) in [6.07, 6.45) is 2.05. The molecule has 136 valence electrons. The topological polar surface area (TPSA) is 54.5 Å². The first-order valence-corrected chi connectivity index (χ1v) is 9.70. The lowest BCUT2D eigenvalue weighted by Gasteiger charge is -2.19. The highest BCUT2D eigenvalue weighted by molar-refractivity contribution is 9.10. The van der Waals surface area contributed by atoms with Gasteiger partial charge in [-0.25, -0.2) is 9.78 Å². The zero-order valence-electron chi connectivity index (χ0n) is 14.7. The number of rotatable bonds is 4. The lowest BCUT2D eigenvalue weighted by atomic mass is 10.0. The number of nitrogens with zero attached hydrogens (tertiary/aromatic N) is 2. The van der Waals surface area contributed by atoms with Crippen molar-refractivity contribution in [3.63, 3.8) is 0 Å². The first-order chi connectivity index (χ1) is 12.6. The SMILES string of the molecule is Cc1nc(NC2CN(C(=O)OCc3ccccc3)CC23CC3)ccc1Br. The number of aromatic nitrogens is 1. The third-order valence-corrected chi connectivity index (χ3v) is 6.19. The summed E-state index contributed by atoms with van der Waals surface area (Å²) in [5.41, 5.74) is 2.14. The fraction of sp³-hybridized carbons (Fsp3) is 0.400. The molecule has 1 amide bonds. The number of carbonyl (C=O) groups is 1. The molecule has 2 fully saturated rings. The van der Waals surface area contributed by atoms with Crippen LogP contribution in [-0.4, -0.2) is 35.1 Å². The number of pyridine rings is 1. The Balaban J connectivity index is 1.38. The van der Waals surface area contributed by atoms with Gasteiger partial charge in [0.2, 0.25) is 0 Å². The van der Waals surface area contributed by atoms with Crippen molar-refractivity contribution in [1.82, 2.24) is 9.88 Å². The van der Waals surface area contributed by atoms with Crippen molar-refractivity contribution in [1.29, 1.82) is 0 Å². The fourth-order valence-corrected chi connectivity index (χ4v) is 3.81. The number of hydrogen-bond acceptors (Lipinski definition) is 4. The number of hydrogen-bond donors (Lipinski definition) is 1. The molecule has 2 aromatic rings. The number of likely N-dealkylation sites (tertiary alicyclic amines) is 1. The summed E-state index contributed by atoms with van der Waals surface area (Å²) >= 11 is 3.48. The van der Waals surface area contributed by atoms with E-state index in [4.69, 9.17) is 4.74 Å². The minimum absolute atomic E-state index is 0.175. The summed E-state index contributed by atoms with van der Waals surface area (Å²) in [7, 11) is 0. The van der Waals surface area contributed by atoms with Gasteiger partial charge < -0.3 is 15.0 Å². The molecule has 26 heavy (non-hydrogen) atoms. The molecular weight excluding hydrogens is 394 g/mol. The lowest BCUT2D eigenvalue weighted by Crippen LogP contribution is -2.32. The molecule has 4 rings (SSSR count). The highest BCUT2D eigenvalue weighted by Crippen LogP contribution is 2.53. The number of benzene rings is 1. The minimum Gasteiger partial charge on any atom is -0.445 e. The van der Waals surface area contributed by atoms with Crippen LogP contribution in [0.15, 0.2) is 46.9 Å². The molecular formula is C20H22BrN3O2. The van der Waals surface area contributed by atoms with Crippen molar-refractivity contribution in [3.05, 3.63) is 58.2 Å². The average molecular weight is 416 g/mol. The monoisotopic (exact) mass is 415 g/mol. The average Bonchev–Trinajstić information content (AvgIpc) is 3.34. The van der Waals surface area contributed by atoms with Gasteiger partial charge in [0, 0.05) is 23.0 Å². The minimum atomic E-state index is -0.232. The molecule has 2 heterocycles. The number of halogens is 1. The van der Waals surface area contributed by atoms with E-state index in [1.54, 1.807) is 0 Å². The van der Waals surface area contributed by atoms with Crippen LogP contribution in [0.5, 0.6) is 0 Å². The maximum Gasteiger partial charge on any atom is 0.410 e. The molecule has 1 aromatic carbocycles. The lowest BCUT2D eigenvalue weighted by molar-refractivity contribution is 0.102. The third kappa shape index (κ3) is 3.56. The standard InChI is InChI=1S/C20H22BrN3O2/c1-14-16(21)7-8-18(22-14)23-17-11-24(13-20(17)9-10-20)19(25)26-12-15-5-3-2-4-6-15/h2-8,17H,9-13H2,1H3,(H,22,23). The van der Waals surface area contributed by atoms with Gasteiger partial charge in [-0.2, -0.15) is 0 Å². The van der Waals surface area contributed by atoms with Crippen molar-refractivity contribution < 1.29 is 9.53 Å². The highest BCUT2D eigenvalue weighted by atomic mass is 79.9. The Morgan fingerprint density at radius 1 is 1.31 bits per heavy atom. The summed E-state index contributed by atoms with van der Waals surface area (Å²) in [4.78, 5) is 18.9. The van der Waals surface area contributed by atoms with Crippen molar-refractivity contribution >= 4 is 27.8 Å². The van der Waals surface area contributed by atoms with Gasteiger partial charge in [-0.1, -0.05) is 30.3 Å². The Morgan fingerprint density at radius 3 is 2.77 bits per heavy atom. The number of anilines is 1. The zero-order valence-corrected chi connectivity index (χ0v) is 16.3. The summed E-state index contributed by atoms with van der Waals surface area (Å²) < 4.78 is 6.51. The molecule has 0 radical (unpaired) electrons. The molecule has 0 bridgehead atoms. The largest absolute Gasteiger partial charge is 0.445 e. The predicted molar refractivity (Wildman–Crippen MR) is 104 cm³/mol. The summed E-state index contributed by atoms with van der Waals surface area (Å²) in [5, 5.41) is 3.54. The molecule has 1 unspecified atom stereocenters. The molecule has 1 saturated carbocycles. The molecule has 5 nitrogen and oxygen atoms in total. The molecule has 6 heteroatoms. The maximum absolute atomic E-state index is 12.5. The van der Waals surface area contributed by atoms with Gasteiger partial charge in [-0.05, 0) is 53.4 Å². The van der Waals surface area contributed by atoms with Gasteiger partial charge in [0.1, 0.15) is 12.4 Å². The van der Waals surface area contributed by atoms with Crippen LogP contribution in [0, 0.1) is 12.3 Å². The van der Waals surface area contributed by atoms with Crippen LogP contribution in [0.3, 0.4) is 0 Å². The van der Waals surface area contributed by atoms with E-state index in [0.29, 0.717) is 13.2 Å². The van der Waals surface area contributed by atoms with E-state index in [9.17, 15) is 4.79 Å². The Labute approximate surface area is 161 Å². The van der Waals surface area contributed by atoms with Crippen LogP contribution >= 0.6 is 15.9 Å². The molecule has 1 N–H and O–H groups in total. The van der Waals surface area contributed by atoms with Gasteiger partial charge in [-0.3, -0.25) is 0 Å². The maximum atomic E-state index is 12.5. The van der Waals surface area contributed by atoms with E-state index >= 15 is 0 Å². The van der Waals surface area contributed by atoms with Crippen LogP contribution in [0.1, 0.15) is 24.1 Å². The van der Waals surface area contributed by atoms with E-state index in [-0.39, 0.29) is 17.6 Å². The van der Waals surface area contributed by atoms with Crippen LogP contribution in [0.25, 0.3) is 0 Å². The highest BCUT2D eigenvalue weighted by Gasteiger charge is 2.56. The smallest absolute Gasteiger partial charge is 0.410 e. The second kappa shape index (κ2) is 6.91. The Hall–Kier alpha value is -2.08. The quantitative estimate of drug-likeness (QED) is 0.805. The van der Waals surface area contributed by atoms with Gasteiger partial charge in [0.05, 0.1) is 11.7 Å². The van der Waals surface area contributed by atoms with Crippen LogP contribution in [0.2, 0.25) is 0 Å². The number of carbonyl (C=O) groups excluding carboxylic acids is 1. The van der Waals surface area contributed by atoms with Crippen LogP contribution in [-0.2, 0) is 11.3 Å². The zero-order chi connectivity index (χ0) is 18.1. The normalized spacial score (nSPS) is 20.2. The van der Waals surface area contributed by atoms with E-state index in [2.05, 4.69) is 26.2 Å². The summed E-state index contributed by atoms with van der Waals surface area (Å²) in [6.45, 7) is 3.71. The van der Waals surface area contributed by atoms with Gasteiger partial charge >= 0.3 is 6.09 Å². The Kier molecular flexibility index (Phi) is 4.61. The Morgan fingerprint density at radius 2 is 2.08 bits per heavy atom. The van der Waals surface area contributed by atoms with Gasteiger partial charge in [0.15, 0.2) is 0 Å². The van der Waals surface area contributed by atoms with Crippen molar-refractivity contribution in [2.45, 2.75) is 32.4 Å². The second-order valence-corrected chi connectivity index (χ2v) is 8.10. The van der Waals surface area contributed by atoms with Crippen LogP contribution in [0.4, 0.5) is 10.6 Å². The summed E-state index contributed by atoms with van der Waals surface area (Å²) in [6, 6.07) is 14.0. The van der Waals surface area contributed by atoms with Gasteiger partial charge in [-0.15, -0.1) is 0 Å². The molecule has 1 saturated heterocycles. The molecule has 2 aliphatic rings. The van der Waals surface area contributed by atoms with Crippen molar-refractivity contribution in [3.8, 4) is 0 Å². The third-order valence-electron chi connectivity index (χ3n) is 5.35. The first-order valence-electron chi connectivity index (χ1n) is 8.91. The molecule has 1 spiro atoms.